The maximum atomic E-state index is 13.9. The topological polar surface area (TPSA) is 72.5 Å². The van der Waals surface area contributed by atoms with Crippen LogP contribution in [0.4, 0.5) is 10.1 Å². The average Bonchev–Trinajstić information content (AvgIpc) is 2.50. The van der Waals surface area contributed by atoms with Crippen LogP contribution >= 0.6 is 11.6 Å². The largest absolute Gasteiger partial charge is 0.465 e. The summed E-state index contributed by atoms with van der Waals surface area (Å²) in [5.41, 5.74) is 0.764. The number of nitrogens with one attached hydrogen (secondary N) is 1. The van der Waals surface area contributed by atoms with Gasteiger partial charge in [-0.3, -0.25) is 4.72 Å². The van der Waals surface area contributed by atoms with Gasteiger partial charge in [-0.25, -0.2) is 17.6 Å². The summed E-state index contributed by atoms with van der Waals surface area (Å²) in [7, 11) is -3.09. The fourth-order valence-corrected chi connectivity index (χ4v) is 3.26. The third-order valence-corrected chi connectivity index (χ3v) is 4.70. The highest BCUT2D eigenvalue weighted by atomic mass is 35.5. The first-order valence-corrected chi connectivity index (χ1v) is 8.27. The van der Waals surface area contributed by atoms with Crippen LogP contribution in [-0.4, -0.2) is 21.5 Å². The van der Waals surface area contributed by atoms with E-state index in [1.807, 2.05) is 0 Å². The number of benzene rings is 2. The van der Waals surface area contributed by atoms with E-state index in [0.29, 0.717) is 10.6 Å². The number of hydrogen-bond donors (Lipinski definition) is 1. The number of carbonyl (C=O) groups is 1. The number of methoxy groups -OCH3 is 1. The molecule has 0 aliphatic heterocycles. The second kappa shape index (κ2) is 6.55. The number of carbonyl (C=O) groups excluding carboxylic acids is 1. The van der Waals surface area contributed by atoms with E-state index in [2.05, 4.69) is 9.46 Å². The highest BCUT2D eigenvalue weighted by Crippen LogP contribution is 2.25. The van der Waals surface area contributed by atoms with Crippen LogP contribution in [0.25, 0.3) is 0 Å². The van der Waals surface area contributed by atoms with E-state index in [1.165, 1.54) is 6.07 Å². The number of halogens is 2. The Morgan fingerprint density at radius 3 is 2.57 bits per heavy atom. The molecule has 2 aromatic rings. The fourth-order valence-electron chi connectivity index (χ4n) is 1.86. The van der Waals surface area contributed by atoms with E-state index in [9.17, 15) is 17.6 Å². The first kappa shape index (κ1) is 17.2. The van der Waals surface area contributed by atoms with Crippen LogP contribution in [-0.2, 0) is 14.8 Å². The van der Waals surface area contributed by atoms with Gasteiger partial charge in [0.1, 0.15) is 10.7 Å². The molecule has 0 unspecified atom stereocenters. The number of sulfonamides is 1. The highest BCUT2D eigenvalue weighted by Gasteiger charge is 2.22. The lowest BCUT2D eigenvalue weighted by molar-refractivity contribution is 0.0600. The molecule has 0 saturated carbocycles. The Kier molecular flexibility index (Phi) is 4.91. The quantitative estimate of drug-likeness (QED) is 0.851. The normalized spacial score (nSPS) is 11.1. The van der Waals surface area contributed by atoms with Crippen LogP contribution < -0.4 is 4.72 Å². The van der Waals surface area contributed by atoms with Crippen LogP contribution in [0.5, 0.6) is 0 Å². The maximum absolute atomic E-state index is 13.9. The molecule has 0 amide bonds. The minimum Gasteiger partial charge on any atom is -0.465 e. The minimum atomic E-state index is -4.24. The molecule has 0 aliphatic rings. The van der Waals surface area contributed by atoms with E-state index >= 15 is 0 Å². The first-order chi connectivity index (χ1) is 10.7. The Bertz CT molecular complexity index is 868. The lowest BCUT2D eigenvalue weighted by Crippen LogP contribution is -2.16. The van der Waals surface area contributed by atoms with E-state index in [4.69, 9.17) is 11.6 Å². The van der Waals surface area contributed by atoms with E-state index in [0.717, 1.165) is 25.3 Å². The fraction of sp³-hybridized carbons (Fsp3) is 0.133. The van der Waals surface area contributed by atoms with Gasteiger partial charge in [0.25, 0.3) is 10.0 Å². The summed E-state index contributed by atoms with van der Waals surface area (Å²) in [4.78, 5) is 10.8. The molecule has 0 bridgehead atoms. The first-order valence-electron chi connectivity index (χ1n) is 6.41. The third kappa shape index (κ3) is 3.80. The summed E-state index contributed by atoms with van der Waals surface area (Å²) >= 11 is 5.84. The van der Waals surface area contributed by atoms with Crippen molar-refractivity contribution < 1.29 is 22.3 Å². The lowest BCUT2D eigenvalue weighted by Gasteiger charge is -2.12. The summed E-state index contributed by atoms with van der Waals surface area (Å²) in [6, 6.07) is 7.60. The Hall–Kier alpha value is -2.12. The van der Waals surface area contributed by atoms with Crippen LogP contribution in [0.1, 0.15) is 15.9 Å². The zero-order chi connectivity index (χ0) is 17.2. The molecule has 23 heavy (non-hydrogen) atoms. The predicted octanol–water partition coefficient (Wildman–Crippen LogP) is 3.37. The monoisotopic (exact) mass is 357 g/mol. The lowest BCUT2D eigenvalue weighted by atomic mass is 10.2. The van der Waals surface area contributed by atoms with Crippen molar-refractivity contribution in [1.82, 2.24) is 0 Å². The average molecular weight is 358 g/mol. The van der Waals surface area contributed by atoms with E-state index in [-0.39, 0.29) is 11.3 Å². The van der Waals surface area contributed by atoms with Crippen molar-refractivity contribution >= 4 is 33.3 Å². The minimum absolute atomic E-state index is 0.0721. The van der Waals surface area contributed by atoms with Gasteiger partial charge >= 0.3 is 5.97 Å². The number of rotatable bonds is 4. The summed E-state index contributed by atoms with van der Waals surface area (Å²) < 4.78 is 45.5. The Morgan fingerprint density at radius 1 is 1.22 bits per heavy atom. The van der Waals surface area contributed by atoms with Gasteiger partial charge in [0.2, 0.25) is 0 Å². The highest BCUT2D eigenvalue weighted by molar-refractivity contribution is 7.92. The van der Waals surface area contributed by atoms with Gasteiger partial charge in [0, 0.05) is 5.02 Å². The van der Waals surface area contributed by atoms with Crippen molar-refractivity contribution in [2.45, 2.75) is 11.8 Å². The van der Waals surface area contributed by atoms with Crippen molar-refractivity contribution in [2.75, 3.05) is 11.8 Å². The third-order valence-electron chi connectivity index (χ3n) is 3.09. The van der Waals surface area contributed by atoms with Gasteiger partial charge in [-0.1, -0.05) is 17.7 Å². The number of aryl methyl sites for hydroxylation is 1. The summed E-state index contributed by atoms with van der Waals surface area (Å²) in [5, 5.41) is 0.331. The van der Waals surface area contributed by atoms with Gasteiger partial charge in [-0.05, 0) is 42.8 Å². The van der Waals surface area contributed by atoms with Gasteiger partial charge in [0.05, 0.1) is 18.4 Å². The number of hydrogen-bond acceptors (Lipinski definition) is 4. The smallest absolute Gasteiger partial charge is 0.337 e. The molecule has 2 aromatic carbocycles. The van der Waals surface area contributed by atoms with Crippen molar-refractivity contribution in [3.8, 4) is 0 Å². The molecule has 0 aliphatic carbocycles. The molecular formula is C15H13ClFNO4S. The molecule has 8 heteroatoms. The molecule has 1 N–H and O–H groups in total. The Labute approximate surface area is 138 Å². The van der Waals surface area contributed by atoms with Gasteiger partial charge < -0.3 is 4.74 Å². The molecular weight excluding hydrogens is 345 g/mol. The van der Waals surface area contributed by atoms with Crippen LogP contribution in [0, 0.1) is 12.7 Å². The molecule has 0 spiro atoms. The molecule has 0 saturated heterocycles. The zero-order valence-corrected chi connectivity index (χ0v) is 13.8. The maximum Gasteiger partial charge on any atom is 0.337 e. The number of ether oxygens (including phenoxy) is 1. The Morgan fingerprint density at radius 2 is 1.91 bits per heavy atom. The SMILES string of the molecule is COC(=O)c1ccc(F)c(S(=O)(=O)Nc2cc(Cl)ccc2C)c1. The molecule has 122 valence electrons. The molecule has 0 radical (unpaired) electrons. The Balaban J connectivity index is 2.47. The molecule has 5 nitrogen and oxygen atoms in total. The van der Waals surface area contributed by atoms with Gasteiger partial charge in [-0.15, -0.1) is 0 Å². The van der Waals surface area contributed by atoms with Gasteiger partial charge in [0.15, 0.2) is 0 Å². The van der Waals surface area contributed by atoms with Crippen molar-refractivity contribution in [1.29, 1.82) is 0 Å². The molecule has 0 fully saturated rings. The standard InChI is InChI=1S/C15H13ClFNO4S/c1-9-3-5-11(16)8-13(9)18-23(20,21)14-7-10(15(19)22-2)4-6-12(14)17/h3-8,18H,1-2H3. The van der Waals surface area contributed by atoms with E-state index < -0.39 is 26.7 Å². The summed E-state index contributed by atoms with van der Waals surface area (Å²) in [6.45, 7) is 1.68. The molecule has 0 heterocycles. The predicted molar refractivity (Wildman–Crippen MR) is 84.7 cm³/mol. The summed E-state index contributed by atoms with van der Waals surface area (Å²) in [5.74, 6) is -1.75. The number of esters is 1. The second-order valence-corrected chi connectivity index (χ2v) is 6.79. The zero-order valence-electron chi connectivity index (χ0n) is 12.3. The number of anilines is 1. The van der Waals surface area contributed by atoms with Crippen molar-refractivity contribution in [3.63, 3.8) is 0 Å². The van der Waals surface area contributed by atoms with Gasteiger partial charge in [-0.2, -0.15) is 0 Å². The van der Waals surface area contributed by atoms with Crippen molar-refractivity contribution in [3.05, 3.63) is 58.4 Å². The summed E-state index contributed by atoms with van der Waals surface area (Å²) in [6.07, 6.45) is 0. The van der Waals surface area contributed by atoms with Crippen LogP contribution in [0.2, 0.25) is 5.02 Å². The molecule has 0 atom stereocenters. The van der Waals surface area contributed by atoms with E-state index in [1.54, 1.807) is 19.1 Å². The van der Waals surface area contributed by atoms with Crippen LogP contribution in [0.15, 0.2) is 41.3 Å². The molecule has 2 rings (SSSR count). The van der Waals surface area contributed by atoms with Crippen molar-refractivity contribution in [2.24, 2.45) is 0 Å². The van der Waals surface area contributed by atoms with Crippen LogP contribution in [0.3, 0.4) is 0 Å². The second-order valence-electron chi connectivity index (χ2n) is 4.70. The molecule has 0 aromatic heterocycles.